The van der Waals surface area contributed by atoms with E-state index in [1.54, 1.807) is 19.4 Å². The van der Waals surface area contributed by atoms with Crippen molar-refractivity contribution < 1.29 is 4.39 Å². The summed E-state index contributed by atoms with van der Waals surface area (Å²) < 4.78 is 13.6. The Morgan fingerprint density at radius 2 is 2.00 bits per heavy atom. The topological polar surface area (TPSA) is 49.8 Å². The van der Waals surface area contributed by atoms with Gasteiger partial charge in [-0.15, -0.1) is 0 Å². The Bertz CT molecular complexity index is 556. The Balaban J connectivity index is 2.33. The van der Waals surface area contributed by atoms with Crippen molar-refractivity contribution in [3.63, 3.8) is 0 Å². The molecule has 0 aliphatic rings. The first-order valence-electron chi connectivity index (χ1n) is 5.01. The molecule has 0 aliphatic heterocycles. The summed E-state index contributed by atoms with van der Waals surface area (Å²) in [5, 5.41) is 6.12. The van der Waals surface area contributed by atoms with Gasteiger partial charge in [-0.25, -0.2) is 9.37 Å². The van der Waals surface area contributed by atoms with E-state index in [0.717, 1.165) is 0 Å². The van der Waals surface area contributed by atoms with Crippen molar-refractivity contribution in [3.05, 3.63) is 39.8 Å². The monoisotopic (exact) mass is 330 g/mol. The molecule has 0 atom stereocenters. The van der Waals surface area contributed by atoms with Gasteiger partial charge in [0.05, 0.1) is 23.1 Å². The van der Waals surface area contributed by atoms with Crippen LogP contribution in [0.1, 0.15) is 0 Å². The molecule has 0 spiro atoms. The zero-order valence-corrected chi connectivity index (χ0v) is 11.7. The lowest BCUT2D eigenvalue weighted by Gasteiger charge is -2.10. The van der Waals surface area contributed by atoms with Crippen LogP contribution < -0.4 is 10.6 Å². The summed E-state index contributed by atoms with van der Waals surface area (Å²) in [5.74, 6) is 0.720. The Labute approximate surface area is 117 Å². The third-order valence-corrected chi connectivity index (χ3v) is 3.07. The largest absolute Gasteiger partial charge is 0.372 e. The van der Waals surface area contributed by atoms with Gasteiger partial charge in [0.25, 0.3) is 0 Å². The highest BCUT2D eigenvalue weighted by atomic mass is 79.9. The van der Waals surface area contributed by atoms with E-state index in [9.17, 15) is 4.39 Å². The van der Waals surface area contributed by atoms with Gasteiger partial charge in [-0.1, -0.05) is 11.6 Å². The second-order valence-corrected chi connectivity index (χ2v) is 4.67. The molecular formula is C11H9BrClFN4. The Hall–Kier alpha value is -1.40. The SMILES string of the molecule is CNc1cncc(Nc2c(Cl)cc(F)cc2Br)n1. The van der Waals surface area contributed by atoms with Crippen molar-refractivity contribution in [2.24, 2.45) is 0 Å². The average molecular weight is 332 g/mol. The minimum atomic E-state index is -0.410. The van der Waals surface area contributed by atoms with Gasteiger partial charge in [-0.3, -0.25) is 4.98 Å². The van der Waals surface area contributed by atoms with Gasteiger partial charge in [0.15, 0.2) is 5.82 Å². The highest BCUT2D eigenvalue weighted by Crippen LogP contribution is 2.33. The fourth-order valence-electron chi connectivity index (χ4n) is 1.34. The quantitative estimate of drug-likeness (QED) is 0.898. The molecule has 18 heavy (non-hydrogen) atoms. The van der Waals surface area contributed by atoms with Crippen LogP contribution in [0, 0.1) is 5.82 Å². The first-order chi connectivity index (χ1) is 8.60. The third kappa shape index (κ3) is 2.88. The highest BCUT2D eigenvalue weighted by molar-refractivity contribution is 9.10. The molecule has 0 saturated carbocycles. The number of anilines is 3. The lowest BCUT2D eigenvalue weighted by atomic mass is 10.3. The number of benzene rings is 1. The van der Waals surface area contributed by atoms with E-state index in [1.165, 1.54) is 12.1 Å². The zero-order valence-electron chi connectivity index (χ0n) is 9.34. The fourth-order valence-corrected chi connectivity index (χ4v) is 2.24. The van der Waals surface area contributed by atoms with Gasteiger partial charge in [0, 0.05) is 11.5 Å². The van der Waals surface area contributed by atoms with Crippen molar-refractivity contribution >= 4 is 44.9 Å². The number of nitrogens with zero attached hydrogens (tertiary/aromatic N) is 2. The molecule has 1 aromatic carbocycles. The number of hydrogen-bond donors (Lipinski definition) is 2. The average Bonchev–Trinajstić information content (AvgIpc) is 2.34. The second-order valence-electron chi connectivity index (χ2n) is 3.41. The van der Waals surface area contributed by atoms with Crippen LogP contribution in [-0.4, -0.2) is 17.0 Å². The number of halogens is 3. The molecule has 0 bridgehead atoms. The lowest BCUT2D eigenvalue weighted by Crippen LogP contribution is -2.00. The van der Waals surface area contributed by atoms with E-state index in [4.69, 9.17) is 11.6 Å². The second kappa shape index (κ2) is 5.49. The molecule has 2 aromatic rings. The minimum absolute atomic E-state index is 0.263. The van der Waals surface area contributed by atoms with Crippen LogP contribution >= 0.6 is 27.5 Å². The molecule has 0 saturated heterocycles. The summed E-state index contributed by atoms with van der Waals surface area (Å²) in [7, 11) is 1.74. The number of hydrogen-bond acceptors (Lipinski definition) is 4. The summed E-state index contributed by atoms with van der Waals surface area (Å²) >= 11 is 9.20. The zero-order chi connectivity index (χ0) is 13.1. The van der Waals surface area contributed by atoms with Gasteiger partial charge in [-0.2, -0.15) is 0 Å². The van der Waals surface area contributed by atoms with Crippen molar-refractivity contribution in [1.82, 2.24) is 9.97 Å². The normalized spacial score (nSPS) is 10.2. The molecule has 7 heteroatoms. The first kappa shape index (κ1) is 13.0. The minimum Gasteiger partial charge on any atom is -0.372 e. The van der Waals surface area contributed by atoms with Crippen LogP contribution in [0.5, 0.6) is 0 Å². The van der Waals surface area contributed by atoms with Gasteiger partial charge in [0.2, 0.25) is 0 Å². The summed E-state index contributed by atoms with van der Waals surface area (Å²) in [4.78, 5) is 8.24. The van der Waals surface area contributed by atoms with E-state index in [0.29, 0.717) is 21.8 Å². The predicted octanol–water partition coefficient (Wildman–Crippen LogP) is 3.82. The molecule has 4 nitrogen and oxygen atoms in total. The summed E-state index contributed by atoms with van der Waals surface area (Å²) in [5.41, 5.74) is 0.542. The van der Waals surface area contributed by atoms with Gasteiger partial charge in [-0.05, 0) is 28.1 Å². The van der Waals surface area contributed by atoms with Gasteiger partial charge >= 0.3 is 0 Å². The van der Waals surface area contributed by atoms with Crippen molar-refractivity contribution in [1.29, 1.82) is 0 Å². The van der Waals surface area contributed by atoms with E-state index >= 15 is 0 Å². The van der Waals surface area contributed by atoms with Crippen LogP contribution in [-0.2, 0) is 0 Å². The van der Waals surface area contributed by atoms with Gasteiger partial charge < -0.3 is 10.6 Å². The maximum atomic E-state index is 13.1. The number of aromatic nitrogens is 2. The summed E-state index contributed by atoms with van der Waals surface area (Å²) in [6.45, 7) is 0. The molecule has 0 unspecified atom stereocenters. The Morgan fingerprint density at radius 1 is 1.28 bits per heavy atom. The fraction of sp³-hybridized carbons (Fsp3) is 0.0909. The first-order valence-corrected chi connectivity index (χ1v) is 6.18. The van der Waals surface area contributed by atoms with E-state index in [2.05, 4.69) is 36.5 Å². The predicted molar refractivity (Wildman–Crippen MR) is 74.0 cm³/mol. The molecule has 2 N–H and O–H groups in total. The molecule has 1 heterocycles. The maximum absolute atomic E-state index is 13.1. The van der Waals surface area contributed by atoms with Crippen LogP contribution in [0.4, 0.5) is 21.7 Å². The van der Waals surface area contributed by atoms with E-state index in [-0.39, 0.29) is 5.02 Å². The highest BCUT2D eigenvalue weighted by Gasteiger charge is 2.09. The Morgan fingerprint density at radius 3 is 2.67 bits per heavy atom. The molecule has 0 amide bonds. The van der Waals surface area contributed by atoms with Crippen LogP contribution in [0.2, 0.25) is 5.02 Å². The standard InChI is InChI=1S/C11H9BrClFN4/c1-15-9-4-16-5-10(17-9)18-11-7(12)2-6(14)3-8(11)13/h2-5H,1H3,(H2,15,17,18). The van der Waals surface area contributed by atoms with E-state index in [1.807, 2.05) is 0 Å². The summed E-state index contributed by atoms with van der Waals surface area (Å²) in [6.07, 6.45) is 3.14. The molecule has 0 aliphatic carbocycles. The van der Waals surface area contributed by atoms with Crippen molar-refractivity contribution in [2.75, 3.05) is 17.7 Å². The molecular weight excluding hydrogens is 323 g/mol. The smallest absolute Gasteiger partial charge is 0.151 e. The van der Waals surface area contributed by atoms with Crippen molar-refractivity contribution in [2.45, 2.75) is 0 Å². The van der Waals surface area contributed by atoms with Crippen LogP contribution in [0.25, 0.3) is 0 Å². The summed E-state index contributed by atoms with van der Waals surface area (Å²) in [6, 6.07) is 2.55. The van der Waals surface area contributed by atoms with Gasteiger partial charge in [0.1, 0.15) is 11.6 Å². The molecule has 2 rings (SSSR count). The molecule has 0 fully saturated rings. The molecule has 0 radical (unpaired) electrons. The van der Waals surface area contributed by atoms with Crippen LogP contribution in [0.15, 0.2) is 29.0 Å². The van der Waals surface area contributed by atoms with Crippen molar-refractivity contribution in [3.8, 4) is 0 Å². The Kier molecular flexibility index (Phi) is 3.98. The molecule has 94 valence electrons. The number of nitrogens with one attached hydrogen (secondary N) is 2. The maximum Gasteiger partial charge on any atom is 0.151 e. The number of rotatable bonds is 3. The third-order valence-electron chi connectivity index (χ3n) is 2.15. The van der Waals surface area contributed by atoms with Crippen LogP contribution in [0.3, 0.4) is 0 Å². The molecule has 1 aromatic heterocycles. The van der Waals surface area contributed by atoms with E-state index < -0.39 is 5.82 Å². The lowest BCUT2D eigenvalue weighted by molar-refractivity contribution is 0.627.